The lowest BCUT2D eigenvalue weighted by atomic mass is 9.88. The van der Waals surface area contributed by atoms with Gasteiger partial charge < -0.3 is 14.5 Å². The van der Waals surface area contributed by atoms with E-state index in [9.17, 15) is 0 Å². The average molecular weight is 277 g/mol. The molecule has 4 nitrogen and oxygen atoms in total. The maximum atomic E-state index is 5.25. The number of pyridine rings is 1. The Balaban J connectivity index is 1.94. The van der Waals surface area contributed by atoms with Crippen molar-refractivity contribution in [1.29, 1.82) is 0 Å². The number of rotatable bonds is 5. The first-order valence-electron chi connectivity index (χ1n) is 7.32. The minimum Gasteiger partial charge on any atom is -0.497 e. The number of hydrogen-bond donors (Lipinski definition) is 0. The van der Waals surface area contributed by atoms with Crippen LogP contribution < -0.4 is 4.74 Å². The normalized spacial score (nSPS) is 22.4. The molecule has 20 heavy (non-hydrogen) atoms. The van der Waals surface area contributed by atoms with Gasteiger partial charge in [0.25, 0.3) is 0 Å². The van der Waals surface area contributed by atoms with E-state index in [2.05, 4.69) is 42.7 Å². The van der Waals surface area contributed by atoms with Gasteiger partial charge in [0.15, 0.2) is 0 Å². The molecule has 0 spiro atoms. The Morgan fingerprint density at radius 3 is 2.85 bits per heavy atom. The summed E-state index contributed by atoms with van der Waals surface area (Å²) in [6, 6.07) is 3.90. The fraction of sp³-hybridized carbons (Fsp3) is 0.688. The third-order valence-corrected chi connectivity index (χ3v) is 4.78. The van der Waals surface area contributed by atoms with Gasteiger partial charge in [-0.1, -0.05) is 0 Å². The van der Waals surface area contributed by atoms with E-state index in [1.54, 1.807) is 7.11 Å². The largest absolute Gasteiger partial charge is 0.497 e. The second-order valence-electron chi connectivity index (χ2n) is 6.44. The average Bonchev–Trinajstić information content (AvgIpc) is 2.66. The number of ether oxygens (including phenoxy) is 1. The Bertz CT molecular complexity index is 447. The molecule has 1 fully saturated rings. The molecule has 2 rings (SSSR count). The summed E-state index contributed by atoms with van der Waals surface area (Å²) in [5.41, 5.74) is 1.35. The lowest BCUT2D eigenvalue weighted by molar-refractivity contribution is 0.140. The number of nitrogens with zero attached hydrogens (tertiary/aromatic N) is 3. The van der Waals surface area contributed by atoms with Crippen LogP contribution in [0.2, 0.25) is 0 Å². The number of aromatic nitrogens is 1. The van der Waals surface area contributed by atoms with Crippen molar-refractivity contribution in [2.45, 2.75) is 32.4 Å². The Labute approximate surface area is 122 Å². The molecule has 0 amide bonds. The molecular weight excluding hydrogens is 250 g/mol. The van der Waals surface area contributed by atoms with Crippen LogP contribution in [0.15, 0.2) is 18.3 Å². The SMILES string of the molecule is COc1ccnc(CN(C)C[C@H]2CCN(C)C2(C)C)c1. The summed E-state index contributed by atoms with van der Waals surface area (Å²) in [4.78, 5) is 9.26. The van der Waals surface area contributed by atoms with E-state index in [0.717, 1.165) is 24.5 Å². The second-order valence-corrected chi connectivity index (χ2v) is 6.44. The molecule has 1 atom stereocenters. The predicted octanol–water partition coefficient (Wildman–Crippen LogP) is 2.25. The van der Waals surface area contributed by atoms with Crippen LogP contribution in [-0.2, 0) is 6.54 Å². The third-order valence-electron chi connectivity index (χ3n) is 4.78. The molecule has 1 aromatic rings. The zero-order valence-electron chi connectivity index (χ0n) is 13.4. The highest BCUT2D eigenvalue weighted by Crippen LogP contribution is 2.33. The Kier molecular flexibility index (Phi) is 4.66. The molecule has 0 aromatic carbocycles. The van der Waals surface area contributed by atoms with E-state index in [1.165, 1.54) is 13.0 Å². The standard InChI is InChI=1S/C16H27N3O/c1-16(2)13(7-9-19(16)4)11-18(3)12-14-10-15(20-5)6-8-17-14/h6,8,10,13H,7,9,11-12H2,1-5H3/t13-/m1/s1. The van der Waals surface area contributed by atoms with Gasteiger partial charge in [-0.3, -0.25) is 4.98 Å². The van der Waals surface area contributed by atoms with Crippen molar-refractivity contribution in [3.05, 3.63) is 24.0 Å². The molecule has 1 aliphatic rings. The highest BCUT2D eigenvalue weighted by atomic mass is 16.5. The van der Waals surface area contributed by atoms with Crippen molar-refractivity contribution in [3.63, 3.8) is 0 Å². The fourth-order valence-corrected chi connectivity index (χ4v) is 3.00. The maximum absolute atomic E-state index is 5.25. The molecule has 0 unspecified atom stereocenters. The van der Waals surface area contributed by atoms with Crippen molar-refractivity contribution >= 4 is 0 Å². The van der Waals surface area contributed by atoms with Gasteiger partial charge in [-0.25, -0.2) is 0 Å². The Morgan fingerprint density at radius 1 is 1.50 bits per heavy atom. The topological polar surface area (TPSA) is 28.6 Å². The van der Waals surface area contributed by atoms with Crippen LogP contribution in [0.25, 0.3) is 0 Å². The summed E-state index contributed by atoms with van der Waals surface area (Å²) in [6.45, 7) is 7.87. The van der Waals surface area contributed by atoms with Crippen molar-refractivity contribution < 1.29 is 4.74 Å². The minimum absolute atomic E-state index is 0.288. The van der Waals surface area contributed by atoms with Crippen molar-refractivity contribution in [3.8, 4) is 5.75 Å². The monoisotopic (exact) mass is 277 g/mol. The van der Waals surface area contributed by atoms with E-state index in [-0.39, 0.29) is 5.54 Å². The van der Waals surface area contributed by atoms with Crippen LogP contribution in [0.3, 0.4) is 0 Å². The molecule has 112 valence electrons. The fourth-order valence-electron chi connectivity index (χ4n) is 3.00. The lowest BCUT2D eigenvalue weighted by Crippen LogP contribution is -2.43. The Hall–Kier alpha value is -1.13. The third kappa shape index (κ3) is 3.30. The minimum atomic E-state index is 0.288. The Morgan fingerprint density at radius 2 is 2.25 bits per heavy atom. The molecular formula is C16H27N3O. The highest BCUT2D eigenvalue weighted by molar-refractivity contribution is 5.22. The second kappa shape index (κ2) is 6.10. The molecule has 2 heterocycles. The summed E-state index contributed by atoms with van der Waals surface area (Å²) in [6.07, 6.45) is 3.09. The van der Waals surface area contributed by atoms with Crippen LogP contribution >= 0.6 is 0 Å². The van der Waals surface area contributed by atoms with Gasteiger partial charge in [0.05, 0.1) is 12.8 Å². The quantitative estimate of drug-likeness (QED) is 0.825. The van der Waals surface area contributed by atoms with E-state index < -0.39 is 0 Å². The van der Waals surface area contributed by atoms with Gasteiger partial charge in [0.2, 0.25) is 0 Å². The van der Waals surface area contributed by atoms with Gasteiger partial charge in [-0.15, -0.1) is 0 Å². The molecule has 4 heteroatoms. The molecule has 0 bridgehead atoms. The molecule has 0 aliphatic carbocycles. The van der Waals surface area contributed by atoms with Gasteiger partial charge in [0, 0.05) is 30.9 Å². The van der Waals surface area contributed by atoms with Crippen LogP contribution in [0, 0.1) is 5.92 Å². The van der Waals surface area contributed by atoms with Crippen molar-refractivity contribution in [2.75, 3.05) is 34.3 Å². The molecule has 1 saturated heterocycles. The van der Waals surface area contributed by atoms with Crippen LogP contribution in [0.1, 0.15) is 26.0 Å². The number of hydrogen-bond acceptors (Lipinski definition) is 4. The van der Waals surface area contributed by atoms with Gasteiger partial charge in [0.1, 0.15) is 5.75 Å². The maximum Gasteiger partial charge on any atom is 0.122 e. The summed E-state index contributed by atoms with van der Waals surface area (Å²) < 4.78 is 5.25. The zero-order chi connectivity index (χ0) is 14.8. The summed E-state index contributed by atoms with van der Waals surface area (Å²) in [5.74, 6) is 1.59. The first kappa shape index (κ1) is 15.3. The van der Waals surface area contributed by atoms with Crippen molar-refractivity contribution in [1.82, 2.24) is 14.8 Å². The molecule has 0 N–H and O–H groups in total. The van der Waals surface area contributed by atoms with E-state index in [1.807, 2.05) is 18.3 Å². The number of likely N-dealkylation sites (tertiary alicyclic amines) is 1. The van der Waals surface area contributed by atoms with Crippen LogP contribution in [0.4, 0.5) is 0 Å². The van der Waals surface area contributed by atoms with E-state index in [0.29, 0.717) is 5.92 Å². The summed E-state index contributed by atoms with van der Waals surface area (Å²) in [7, 11) is 6.10. The summed E-state index contributed by atoms with van der Waals surface area (Å²) in [5, 5.41) is 0. The lowest BCUT2D eigenvalue weighted by Gasteiger charge is -2.35. The van der Waals surface area contributed by atoms with E-state index in [4.69, 9.17) is 4.74 Å². The van der Waals surface area contributed by atoms with Gasteiger partial charge in [-0.2, -0.15) is 0 Å². The van der Waals surface area contributed by atoms with E-state index >= 15 is 0 Å². The predicted molar refractivity (Wildman–Crippen MR) is 81.9 cm³/mol. The first-order valence-corrected chi connectivity index (χ1v) is 7.32. The number of methoxy groups -OCH3 is 1. The van der Waals surface area contributed by atoms with Crippen molar-refractivity contribution in [2.24, 2.45) is 5.92 Å². The highest BCUT2D eigenvalue weighted by Gasteiger charge is 2.39. The smallest absolute Gasteiger partial charge is 0.122 e. The summed E-state index contributed by atoms with van der Waals surface area (Å²) >= 11 is 0. The molecule has 1 aliphatic heterocycles. The van der Waals surface area contributed by atoms with Crippen LogP contribution in [-0.4, -0.2) is 54.6 Å². The van der Waals surface area contributed by atoms with Gasteiger partial charge in [-0.05, 0) is 52.9 Å². The first-order chi connectivity index (χ1) is 9.43. The zero-order valence-corrected chi connectivity index (χ0v) is 13.4. The molecule has 1 aromatic heterocycles. The molecule has 0 radical (unpaired) electrons. The van der Waals surface area contributed by atoms with Gasteiger partial charge >= 0.3 is 0 Å². The van der Waals surface area contributed by atoms with Crippen LogP contribution in [0.5, 0.6) is 5.75 Å². The molecule has 0 saturated carbocycles.